The summed E-state index contributed by atoms with van der Waals surface area (Å²) in [5, 5.41) is 0. The number of ether oxygens (including phenoxy) is 1. The fourth-order valence-electron chi connectivity index (χ4n) is 2.85. The van der Waals surface area contributed by atoms with Gasteiger partial charge < -0.3 is 14.2 Å². The van der Waals surface area contributed by atoms with Crippen molar-refractivity contribution in [2.24, 2.45) is 7.05 Å². The second-order valence-corrected chi connectivity index (χ2v) is 6.09. The lowest BCUT2D eigenvalue weighted by molar-refractivity contribution is 0.0505. The minimum absolute atomic E-state index is 0.0441. The maximum Gasteiger partial charge on any atom is 0.328 e. The van der Waals surface area contributed by atoms with Gasteiger partial charge in [0.2, 0.25) is 0 Å². The van der Waals surface area contributed by atoms with Crippen LogP contribution in [0.5, 0.6) is 0 Å². The molecule has 2 aromatic heterocycles. The fraction of sp³-hybridized carbons (Fsp3) is 0.412. The van der Waals surface area contributed by atoms with Crippen LogP contribution in [-0.2, 0) is 18.3 Å². The van der Waals surface area contributed by atoms with E-state index in [0.29, 0.717) is 19.7 Å². The molecular formula is C17H20N4O4. The Kier molecular flexibility index (Phi) is 5.08. The number of aryl methyl sites for hydroxylation is 1. The molecule has 1 fully saturated rings. The van der Waals surface area contributed by atoms with Gasteiger partial charge in [0, 0.05) is 45.3 Å². The molecule has 25 heavy (non-hydrogen) atoms. The van der Waals surface area contributed by atoms with Crippen molar-refractivity contribution in [2.75, 3.05) is 13.2 Å². The summed E-state index contributed by atoms with van der Waals surface area (Å²) in [6.45, 7) is 1.41. The van der Waals surface area contributed by atoms with E-state index in [1.165, 1.54) is 17.8 Å². The van der Waals surface area contributed by atoms with E-state index in [2.05, 4.69) is 9.97 Å². The summed E-state index contributed by atoms with van der Waals surface area (Å²) >= 11 is 0. The first-order valence-electron chi connectivity index (χ1n) is 8.14. The molecule has 0 aromatic carbocycles. The summed E-state index contributed by atoms with van der Waals surface area (Å²) in [4.78, 5) is 44.2. The zero-order chi connectivity index (χ0) is 17.8. The highest BCUT2D eigenvalue weighted by molar-refractivity contribution is 5.93. The van der Waals surface area contributed by atoms with Crippen molar-refractivity contribution >= 4 is 5.91 Å². The van der Waals surface area contributed by atoms with Crippen LogP contribution in [0.15, 0.2) is 40.3 Å². The Morgan fingerprint density at radius 3 is 2.84 bits per heavy atom. The van der Waals surface area contributed by atoms with Gasteiger partial charge in [-0.25, -0.2) is 4.79 Å². The van der Waals surface area contributed by atoms with Crippen LogP contribution < -0.4 is 11.2 Å². The highest BCUT2D eigenvalue weighted by Gasteiger charge is 2.25. The number of aromatic amines is 1. The van der Waals surface area contributed by atoms with Crippen molar-refractivity contribution in [3.05, 3.63) is 62.7 Å². The first kappa shape index (κ1) is 17.1. The average molecular weight is 344 g/mol. The molecule has 1 atom stereocenters. The number of pyridine rings is 1. The first-order chi connectivity index (χ1) is 12.0. The Labute approximate surface area is 144 Å². The van der Waals surface area contributed by atoms with Gasteiger partial charge in [-0.1, -0.05) is 0 Å². The van der Waals surface area contributed by atoms with Crippen LogP contribution in [0.3, 0.4) is 0 Å². The Hall–Kier alpha value is -2.74. The normalized spacial score (nSPS) is 16.8. The number of rotatable bonds is 5. The second-order valence-electron chi connectivity index (χ2n) is 6.09. The summed E-state index contributed by atoms with van der Waals surface area (Å²) in [6.07, 6.45) is 6.38. The topological polar surface area (TPSA) is 97.3 Å². The van der Waals surface area contributed by atoms with Crippen LogP contribution in [-0.4, -0.2) is 44.6 Å². The van der Waals surface area contributed by atoms with Crippen molar-refractivity contribution in [1.29, 1.82) is 0 Å². The largest absolute Gasteiger partial charge is 0.376 e. The maximum atomic E-state index is 12.9. The molecule has 0 unspecified atom stereocenters. The van der Waals surface area contributed by atoms with Gasteiger partial charge in [-0.3, -0.25) is 19.6 Å². The van der Waals surface area contributed by atoms with Gasteiger partial charge in [-0.05, 0) is 30.5 Å². The number of carbonyl (C=O) groups excluding carboxylic acids is 1. The van der Waals surface area contributed by atoms with Gasteiger partial charge in [-0.2, -0.15) is 0 Å². The van der Waals surface area contributed by atoms with Crippen molar-refractivity contribution in [2.45, 2.75) is 25.5 Å². The molecule has 8 nitrogen and oxygen atoms in total. The number of hydrogen-bond acceptors (Lipinski definition) is 5. The molecule has 0 aliphatic carbocycles. The molecule has 1 amide bonds. The standard InChI is InChI=1S/C17H20N4O4/c1-20-11-14(15(22)19-17(20)24)16(23)21(10-13-3-2-8-25-13)9-12-4-6-18-7-5-12/h4-7,11,13H,2-3,8-10H2,1H3,(H,19,22,24)/t13-/m0/s1. The van der Waals surface area contributed by atoms with E-state index in [-0.39, 0.29) is 11.7 Å². The van der Waals surface area contributed by atoms with Gasteiger partial charge in [0.25, 0.3) is 11.5 Å². The van der Waals surface area contributed by atoms with Gasteiger partial charge in [0.15, 0.2) is 0 Å². The molecule has 0 saturated carbocycles. The van der Waals surface area contributed by atoms with E-state index in [4.69, 9.17) is 4.74 Å². The molecule has 0 spiro atoms. The predicted octanol–water partition coefficient (Wildman–Crippen LogP) is 0.290. The first-order valence-corrected chi connectivity index (χ1v) is 8.14. The molecule has 1 N–H and O–H groups in total. The molecule has 0 radical (unpaired) electrons. The molecule has 2 aromatic rings. The van der Waals surface area contributed by atoms with Crippen molar-refractivity contribution in [1.82, 2.24) is 19.4 Å². The van der Waals surface area contributed by atoms with E-state index >= 15 is 0 Å². The summed E-state index contributed by atoms with van der Waals surface area (Å²) in [5.41, 5.74) is -0.390. The van der Waals surface area contributed by atoms with Crippen molar-refractivity contribution < 1.29 is 9.53 Å². The monoisotopic (exact) mass is 344 g/mol. The zero-order valence-corrected chi connectivity index (χ0v) is 14.0. The second kappa shape index (κ2) is 7.43. The summed E-state index contributed by atoms with van der Waals surface area (Å²) in [7, 11) is 1.49. The minimum Gasteiger partial charge on any atom is -0.376 e. The lowest BCUT2D eigenvalue weighted by Gasteiger charge is -2.25. The lowest BCUT2D eigenvalue weighted by Crippen LogP contribution is -2.41. The number of hydrogen-bond donors (Lipinski definition) is 1. The van der Waals surface area contributed by atoms with Crippen LogP contribution in [0.1, 0.15) is 28.8 Å². The van der Waals surface area contributed by atoms with Gasteiger partial charge >= 0.3 is 5.69 Å². The third-order valence-electron chi connectivity index (χ3n) is 4.20. The number of nitrogens with one attached hydrogen (secondary N) is 1. The maximum absolute atomic E-state index is 12.9. The van der Waals surface area contributed by atoms with Crippen LogP contribution in [0.4, 0.5) is 0 Å². The Morgan fingerprint density at radius 2 is 2.16 bits per heavy atom. The van der Waals surface area contributed by atoms with Crippen LogP contribution in [0, 0.1) is 0 Å². The Morgan fingerprint density at radius 1 is 1.40 bits per heavy atom. The summed E-state index contributed by atoms with van der Waals surface area (Å²) in [6, 6.07) is 3.64. The zero-order valence-electron chi connectivity index (χ0n) is 14.0. The quantitative estimate of drug-likeness (QED) is 0.841. The van der Waals surface area contributed by atoms with Gasteiger partial charge in [0.1, 0.15) is 5.56 Å². The molecule has 1 aliphatic heterocycles. The molecule has 1 saturated heterocycles. The molecule has 0 bridgehead atoms. The third-order valence-corrected chi connectivity index (χ3v) is 4.20. The minimum atomic E-state index is -0.680. The van der Waals surface area contributed by atoms with Gasteiger partial charge in [0.05, 0.1) is 6.10 Å². The lowest BCUT2D eigenvalue weighted by atomic mass is 10.1. The predicted molar refractivity (Wildman–Crippen MR) is 90.3 cm³/mol. The van der Waals surface area contributed by atoms with Gasteiger partial charge in [-0.15, -0.1) is 0 Å². The number of nitrogens with zero attached hydrogens (tertiary/aromatic N) is 3. The van der Waals surface area contributed by atoms with E-state index in [0.717, 1.165) is 18.4 Å². The fourth-order valence-corrected chi connectivity index (χ4v) is 2.85. The van der Waals surface area contributed by atoms with E-state index in [1.807, 2.05) is 12.1 Å². The van der Waals surface area contributed by atoms with Crippen molar-refractivity contribution in [3.8, 4) is 0 Å². The number of amides is 1. The summed E-state index contributed by atoms with van der Waals surface area (Å²) < 4.78 is 6.82. The SMILES string of the molecule is Cn1cc(C(=O)N(Cc2ccncc2)C[C@@H]2CCCO2)c(=O)[nH]c1=O. The van der Waals surface area contributed by atoms with E-state index < -0.39 is 17.2 Å². The number of aromatic nitrogens is 3. The highest BCUT2D eigenvalue weighted by atomic mass is 16.5. The average Bonchev–Trinajstić information content (AvgIpc) is 3.11. The molecular weight excluding hydrogens is 324 g/mol. The molecule has 132 valence electrons. The molecule has 1 aliphatic rings. The molecule has 3 heterocycles. The molecule has 3 rings (SSSR count). The van der Waals surface area contributed by atoms with Crippen molar-refractivity contribution in [3.63, 3.8) is 0 Å². The Balaban J connectivity index is 1.89. The summed E-state index contributed by atoms with van der Waals surface area (Å²) in [5.74, 6) is -0.427. The highest BCUT2D eigenvalue weighted by Crippen LogP contribution is 2.16. The van der Waals surface area contributed by atoms with Crippen LogP contribution in [0.2, 0.25) is 0 Å². The number of carbonyl (C=O) groups is 1. The van der Waals surface area contributed by atoms with Crippen LogP contribution >= 0.6 is 0 Å². The third kappa shape index (κ3) is 4.03. The molecule has 8 heteroatoms. The Bertz CT molecular complexity index is 853. The van der Waals surface area contributed by atoms with E-state index in [1.54, 1.807) is 17.3 Å². The smallest absolute Gasteiger partial charge is 0.328 e. The number of H-pyrrole nitrogens is 1. The van der Waals surface area contributed by atoms with E-state index in [9.17, 15) is 14.4 Å². The van der Waals surface area contributed by atoms with Crippen LogP contribution in [0.25, 0.3) is 0 Å².